The van der Waals surface area contributed by atoms with Gasteiger partial charge in [-0.3, -0.25) is 9.69 Å². The van der Waals surface area contributed by atoms with Crippen molar-refractivity contribution >= 4 is 17.4 Å². The maximum atomic E-state index is 13.2. The molecule has 1 atom stereocenters. The Balaban J connectivity index is 1.51. The lowest BCUT2D eigenvalue weighted by molar-refractivity contribution is -0.117. The summed E-state index contributed by atoms with van der Waals surface area (Å²) >= 11 is 0. The number of hydrogen-bond donors (Lipinski definition) is 1. The minimum absolute atomic E-state index is 0.0233. The average molecular weight is 413 g/mol. The Morgan fingerprint density at radius 1 is 1.23 bits per heavy atom. The predicted octanol–water partition coefficient (Wildman–Crippen LogP) is 2.79. The monoisotopic (exact) mass is 413 g/mol. The molecular weight excluding hydrogens is 385 g/mol. The van der Waals surface area contributed by atoms with Crippen molar-refractivity contribution < 1.29 is 13.9 Å². The van der Waals surface area contributed by atoms with Crippen molar-refractivity contribution in [2.75, 3.05) is 44.1 Å². The lowest BCUT2D eigenvalue weighted by Crippen LogP contribution is -2.36. The maximum Gasteiger partial charge on any atom is 0.227 e. The number of halogens is 1. The van der Waals surface area contributed by atoms with Gasteiger partial charge in [0.25, 0.3) is 0 Å². The summed E-state index contributed by atoms with van der Waals surface area (Å²) < 4.78 is 18.7. The highest BCUT2D eigenvalue weighted by molar-refractivity contribution is 5.96. The standard InChI is InChI=1S/C22H28FN5O2/c1-24-20-12-19(25-21(26-20)14-27(2)17-7-9-30-10-8-17)15-11-22(29)28(13-15)18-5-3-16(23)4-6-18/h3-6,12,15,17H,7-11,13-14H2,1-2H3,(H,24,25,26)/t15-/m0/s1. The van der Waals surface area contributed by atoms with Crippen molar-refractivity contribution in [2.45, 2.75) is 37.8 Å². The first-order valence-electron chi connectivity index (χ1n) is 10.4. The van der Waals surface area contributed by atoms with Gasteiger partial charge in [-0.15, -0.1) is 0 Å². The summed E-state index contributed by atoms with van der Waals surface area (Å²) in [5, 5.41) is 3.11. The summed E-state index contributed by atoms with van der Waals surface area (Å²) in [4.78, 5) is 26.1. The van der Waals surface area contributed by atoms with Crippen LogP contribution in [-0.4, -0.2) is 60.7 Å². The van der Waals surface area contributed by atoms with Crippen molar-refractivity contribution in [1.29, 1.82) is 0 Å². The van der Waals surface area contributed by atoms with E-state index in [-0.39, 0.29) is 17.6 Å². The lowest BCUT2D eigenvalue weighted by atomic mass is 10.0. The van der Waals surface area contributed by atoms with Crippen LogP contribution in [0.1, 0.15) is 36.7 Å². The fourth-order valence-electron chi connectivity index (χ4n) is 4.18. The molecule has 0 radical (unpaired) electrons. The Hall–Kier alpha value is -2.58. The number of nitrogens with zero attached hydrogens (tertiary/aromatic N) is 4. The molecule has 2 aliphatic rings. The van der Waals surface area contributed by atoms with Crippen LogP contribution in [0.5, 0.6) is 0 Å². The summed E-state index contributed by atoms with van der Waals surface area (Å²) in [5.74, 6) is 1.19. The molecule has 3 heterocycles. The molecule has 2 fully saturated rings. The average Bonchev–Trinajstić information content (AvgIpc) is 3.16. The normalized spacial score (nSPS) is 20.2. The Kier molecular flexibility index (Phi) is 6.24. The molecule has 0 aliphatic carbocycles. The zero-order valence-electron chi connectivity index (χ0n) is 17.5. The molecule has 2 saturated heterocycles. The minimum Gasteiger partial charge on any atom is -0.381 e. The first-order chi connectivity index (χ1) is 14.5. The summed E-state index contributed by atoms with van der Waals surface area (Å²) in [7, 11) is 3.93. The van der Waals surface area contributed by atoms with Crippen molar-refractivity contribution in [2.24, 2.45) is 0 Å². The first kappa shape index (κ1) is 20.7. The zero-order chi connectivity index (χ0) is 21.1. The van der Waals surface area contributed by atoms with E-state index in [4.69, 9.17) is 9.72 Å². The third-order valence-electron chi connectivity index (χ3n) is 5.94. The van der Waals surface area contributed by atoms with E-state index >= 15 is 0 Å². The highest BCUT2D eigenvalue weighted by Gasteiger charge is 2.33. The molecule has 0 saturated carbocycles. The zero-order valence-corrected chi connectivity index (χ0v) is 17.5. The molecule has 160 valence electrons. The van der Waals surface area contributed by atoms with E-state index in [0.29, 0.717) is 31.2 Å². The number of carbonyl (C=O) groups excluding carboxylic acids is 1. The van der Waals surface area contributed by atoms with Crippen molar-refractivity contribution in [3.05, 3.63) is 47.7 Å². The Labute approximate surface area is 176 Å². The molecule has 4 rings (SSSR count). The number of ether oxygens (including phenoxy) is 1. The molecule has 2 aromatic rings. The Morgan fingerprint density at radius 3 is 2.67 bits per heavy atom. The van der Waals surface area contributed by atoms with E-state index in [0.717, 1.165) is 43.4 Å². The van der Waals surface area contributed by atoms with Crippen LogP contribution in [0, 0.1) is 5.82 Å². The van der Waals surface area contributed by atoms with E-state index in [1.54, 1.807) is 17.0 Å². The van der Waals surface area contributed by atoms with E-state index in [2.05, 4.69) is 22.2 Å². The molecule has 1 aromatic carbocycles. The van der Waals surface area contributed by atoms with E-state index < -0.39 is 0 Å². The number of carbonyl (C=O) groups is 1. The van der Waals surface area contributed by atoms with Gasteiger partial charge in [0.2, 0.25) is 5.91 Å². The van der Waals surface area contributed by atoms with Crippen LogP contribution in [0.15, 0.2) is 30.3 Å². The lowest BCUT2D eigenvalue weighted by Gasteiger charge is -2.30. The summed E-state index contributed by atoms with van der Waals surface area (Å²) in [6.07, 6.45) is 2.41. The van der Waals surface area contributed by atoms with Crippen LogP contribution in [0.25, 0.3) is 0 Å². The molecule has 30 heavy (non-hydrogen) atoms. The van der Waals surface area contributed by atoms with Gasteiger partial charge in [-0.05, 0) is 44.2 Å². The van der Waals surface area contributed by atoms with Crippen LogP contribution in [0.3, 0.4) is 0 Å². The molecule has 1 aromatic heterocycles. The number of anilines is 2. The van der Waals surface area contributed by atoms with Crippen molar-refractivity contribution in [3.8, 4) is 0 Å². The largest absolute Gasteiger partial charge is 0.381 e. The predicted molar refractivity (Wildman–Crippen MR) is 113 cm³/mol. The van der Waals surface area contributed by atoms with Gasteiger partial charge in [0, 0.05) is 56.9 Å². The van der Waals surface area contributed by atoms with Gasteiger partial charge >= 0.3 is 0 Å². The summed E-state index contributed by atoms with van der Waals surface area (Å²) in [6, 6.07) is 8.43. The maximum absolute atomic E-state index is 13.2. The third-order valence-corrected chi connectivity index (χ3v) is 5.94. The number of hydrogen-bond acceptors (Lipinski definition) is 6. The minimum atomic E-state index is -0.310. The molecule has 0 spiro atoms. The van der Waals surface area contributed by atoms with Gasteiger partial charge in [-0.2, -0.15) is 0 Å². The van der Waals surface area contributed by atoms with Gasteiger partial charge in [0.05, 0.1) is 12.2 Å². The van der Waals surface area contributed by atoms with E-state index in [1.807, 2.05) is 13.1 Å². The number of nitrogens with one attached hydrogen (secondary N) is 1. The van der Waals surface area contributed by atoms with Gasteiger partial charge < -0.3 is 15.0 Å². The highest BCUT2D eigenvalue weighted by Crippen LogP contribution is 2.32. The molecule has 7 nitrogen and oxygen atoms in total. The molecule has 0 unspecified atom stereocenters. The van der Waals surface area contributed by atoms with Crippen LogP contribution in [-0.2, 0) is 16.1 Å². The van der Waals surface area contributed by atoms with Gasteiger partial charge in [0.15, 0.2) is 0 Å². The molecular formula is C22H28FN5O2. The topological polar surface area (TPSA) is 70.6 Å². The Bertz CT molecular complexity index is 886. The van der Waals surface area contributed by atoms with Gasteiger partial charge in [-0.1, -0.05) is 0 Å². The molecule has 0 bridgehead atoms. The summed E-state index contributed by atoms with van der Waals surface area (Å²) in [5.41, 5.74) is 1.58. The second-order valence-electron chi connectivity index (χ2n) is 7.98. The number of rotatable bonds is 6. The quantitative estimate of drug-likeness (QED) is 0.785. The second-order valence-corrected chi connectivity index (χ2v) is 7.98. The fraction of sp³-hybridized carbons (Fsp3) is 0.500. The number of benzene rings is 1. The van der Waals surface area contributed by atoms with Crippen LogP contribution >= 0.6 is 0 Å². The smallest absolute Gasteiger partial charge is 0.227 e. The van der Waals surface area contributed by atoms with Crippen LogP contribution in [0.4, 0.5) is 15.9 Å². The molecule has 1 amide bonds. The number of aromatic nitrogens is 2. The van der Waals surface area contributed by atoms with Crippen molar-refractivity contribution in [3.63, 3.8) is 0 Å². The SMILES string of the molecule is CNc1cc([C@H]2CC(=O)N(c3ccc(F)cc3)C2)nc(CN(C)C2CCOCC2)n1. The fourth-order valence-corrected chi connectivity index (χ4v) is 4.18. The van der Waals surface area contributed by atoms with E-state index in [9.17, 15) is 9.18 Å². The second kappa shape index (κ2) is 9.06. The van der Waals surface area contributed by atoms with Gasteiger partial charge in [-0.25, -0.2) is 14.4 Å². The molecule has 2 aliphatic heterocycles. The Morgan fingerprint density at radius 2 is 1.97 bits per heavy atom. The first-order valence-corrected chi connectivity index (χ1v) is 10.4. The molecule has 1 N–H and O–H groups in total. The summed E-state index contributed by atoms with van der Waals surface area (Å²) in [6.45, 7) is 2.76. The van der Waals surface area contributed by atoms with Gasteiger partial charge in [0.1, 0.15) is 17.5 Å². The third kappa shape index (κ3) is 4.60. The molecule has 8 heteroatoms. The highest BCUT2D eigenvalue weighted by atomic mass is 19.1. The van der Waals surface area contributed by atoms with E-state index in [1.165, 1.54) is 12.1 Å². The van der Waals surface area contributed by atoms with Crippen molar-refractivity contribution in [1.82, 2.24) is 14.9 Å². The van der Waals surface area contributed by atoms with Crippen LogP contribution in [0.2, 0.25) is 0 Å². The number of amides is 1. The van der Waals surface area contributed by atoms with Crippen LogP contribution < -0.4 is 10.2 Å².